The van der Waals surface area contributed by atoms with E-state index in [4.69, 9.17) is 0 Å². The lowest BCUT2D eigenvalue weighted by atomic mass is 9.99. The topological polar surface area (TPSA) is 87.3 Å². The monoisotopic (exact) mass is 353 g/mol. The minimum Gasteiger partial charge on any atom is -0.326 e. The van der Waals surface area contributed by atoms with E-state index in [0.29, 0.717) is 17.8 Å². The van der Waals surface area contributed by atoms with Gasteiger partial charge < -0.3 is 10.6 Å². The molecule has 24 heavy (non-hydrogen) atoms. The molecular weight excluding hydrogens is 326 g/mol. The Morgan fingerprint density at radius 3 is 2.58 bits per heavy atom. The molecule has 1 aliphatic rings. The van der Waals surface area contributed by atoms with E-state index in [1.165, 1.54) is 6.07 Å². The van der Waals surface area contributed by atoms with E-state index in [9.17, 15) is 13.2 Å². The summed E-state index contributed by atoms with van der Waals surface area (Å²) in [5.41, 5.74) is 0.577. The highest BCUT2D eigenvalue weighted by Crippen LogP contribution is 2.22. The zero-order chi connectivity index (χ0) is 18.0. The smallest absolute Gasteiger partial charge is 0.241 e. The summed E-state index contributed by atoms with van der Waals surface area (Å²) in [6.45, 7) is 8.72. The summed E-state index contributed by atoms with van der Waals surface area (Å²) >= 11 is 0. The largest absolute Gasteiger partial charge is 0.326 e. The number of amides is 1. The van der Waals surface area contributed by atoms with E-state index in [1.807, 2.05) is 0 Å². The first-order valence-corrected chi connectivity index (χ1v) is 9.73. The molecule has 6 nitrogen and oxygen atoms in total. The van der Waals surface area contributed by atoms with Gasteiger partial charge in [0, 0.05) is 17.8 Å². The third-order valence-corrected chi connectivity index (χ3v) is 5.75. The molecule has 2 rings (SSSR count). The van der Waals surface area contributed by atoms with Crippen LogP contribution in [0.1, 0.15) is 39.2 Å². The van der Waals surface area contributed by atoms with Gasteiger partial charge in [0.25, 0.3) is 0 Å². The van der Waals surface area contributed by atoms with Crippen molar-refractivity contribution in [1.29, 1.82) is 0 Å². The third kappa shape index (κ3) is 5.03. The number of anilines is 1. The van der Waals surface area contributed by atoms with E-state index >= 15 is 0 Å². The lowest BCUT2D eigenvalue weighted by Gasteiger charge is -2.23. The number of piperidine rings is 1. The average Bonchev–Trinajstić information content (AvgIpc) is 2.47. The first-order valence-electron chi connectivity index (χ1n) is 8.25. The number of hydrogen-bond donors (Lipinski definition) is 3. The van der Waals surface area contributed by atoms with Gasteiger partial charge >= 0.3 is 0 Å². The Kier molecular flexibility index (Phi) is 5.67. The predicted octanol–water partition coefficient (Wildman–Crippen LogP) is 2.01. The van der Waals surface area contributed by atoms with Gasteiger partial charge in [0.05, 0.1) is 10.8 Å². The maximum atomic E-state index is 12.6. The van der Waals surface area contributed by atoms with Crippen molar-refractivity contribution in [3.63, 3.8) is 0 Å². The number of nitrogens with one attached hydrogen (secondary N) is 3. The van der Waals surface area contributed by atoms with Crippen molar-refractivity contribution in [3.8, 4) is 0 Å². The Morgan fingerprint density at radius 1 is 1.29 bits per heavy atom. The molecule has 0 bridgehead atoms. The fourth-order valence-corrected chi connectivity index (χ4v) is 4.44. The van der Waals surface area contributed by atoms with Gasteiger partial charge in [0.1, 0.15) is 0 Å². The molecule has 0 radical (unpaired) electrons. The van der Waals surface area contributed by atoms with Crippen LogP contribution in [0.25, 0.3) is 0 Å². The highest BCUT2D eigenvalue weighted by atomic mass is 32.2. The normalized spacial score (nSPS) is 19.1. The van der Waals surface area contributed by atoms with E-state index in [2.05, 4.69) is 15.4 Å². The van der Waals surface area contributed by atoms with Gasteiger partial charge in [-0.15, -0.1) is 0 Å². The molecule has 1 fully saturated rings. The third-order valence-electron chi connectivity index (χ3n) is 3.85. The lowest BCUT2D eigenvalue weighted by Crippen LogP contribution is -2.40. The maximum absolute atomic E-state index is 12.6. The van der Waals surface area contributed by atoms with Crippen molar-refractivity contribution in [1.82, 2.24) is 10.0 Å². The average molecular weight is 353 g/mol. The molecule has 1 aliphatic heterocycles. The maximum Gasteiger partial charge on any atom is 0.241 e. The number of aryl methyl sites for hydroxylation is 1. The molecule has 1 aromatic carbocycles. The van der Waals surface area contributed by atoms with E-state index in [1.54, 1.807) is 39.8 Å². The Bertz CT molecular complexity index is 702. The van der Waals surface area contributed by atoms with Crippen molar-refractivity contribution < 1.29 is 13.2 Å². The summed E-state index contributed by atoms with van der Waals surface area (Å²) in [6, 6.07) is 4.98. The van der Waals surface area contributed by atoms with Crippen LogP contribution in [-0.2, 0) is 14.8 Å². The van der Waals surface area contributed by atoms with Gasteiger partial charge in [0.2, 0.25) is 15.9 Å². The first-order chi connectivity index (χ1) is 11.1. The molecule has 3 N–H and O–H groups in total. The Balaban J connectivity index is 2.20. The van der Waals surface area contributed by atoms with Crippen molar-refractivity contribution in [2.24, 2.45) is 5.92 Å². The SMILES string of the molecule is Cc1ccc(NC(=O)C2CCCNC2)cc1S(=O)(=O)NC(C)(C)C. The second-order valence-corrected chi connectivity index (χ2v) is 9.02. The van der Waals surface area contributed by atoms with Crippen molar-refractivity contribution in [3.05, 3.63) is 23.8 Å². The number of rotatable bonds is 4. The van der Waals surface area contributed by atoms with Crippen molar-refractivity contribution in [2.45, 2.75) is 51.0 Å². The summed E-state index contributed by atoms with van der Waals surface area (Å²) in [6.07, 6.45) is 1.82. The summed E-state index contributed by atoms with van der Waals surface area (Å²) < 4.78 is 27.8. The molecule has 0 aromatic heterocycles. The highest BCUT2D eigenvalue weighted by molar-refractivity contribution is 7.89. The first kappa shape index (κ1) is 18.9. The van der Waals surface area contributed by atoms with E-state index < -0.39 is 15.6 Å². The fraction of sp³-hybridized carbons (Fsp3) is 0.588. The molecule has 1 heterocycles. The van der Waals surface area contributed by atoms with Crippen LogP contribution in [-0.4, -0.2) is 33.0 Å². The van der Waals surface area contributed by atoms with Gasteiger partial charge in [-0.1, -0.05) is 6.07 Å². The molecule has 0 saturated carbocycles. The van der Waals surface area contributed by atoms with Crippen molar-refractivity contribution >= 4 is 21.6 Å². The quantitative estimate of drug-likeness (QED) is 0.773. The second kappa shape index (κ2) is 7.21. The van der Waals surface area contributed by atoms with E-state index in [-0.39, 0.29) is 16.7 Å². The molecule has 1 saturated heterocycles. The van der Waals surface area contributed by atoms with Gasteiger partial charge in [0.15, 0.2) is 0 Å². The summed E-state index contributed by atoms with van der Waals surface area (Å²) in [4.78, 5) is 12.5. The second-order valence-electron chi connectivity index (χ2n) is 7.37. The lowest BCUT2D eigenvalue weighted by molar-refractivity contribution is -0.120. The molecule has 1 unspecified atom stereocenters. The number of carbonyl (C=O) groups excluding carboxylic acids is 1. The van der Waals surface area contributed by atoms with Crippen LogP contribution in [0.5, 0.6) is 0 Å². The van der Waals surface area contributed by atoms with Crippen LogP contribution < -0.4 is 15.4 Å². The van der Waals surface area contributed by atoms with E-state index in [0.717, 1.165) is 19.4 Å². The van der Waals surface area contributed by atoms with Gasteiger partial charge in [-0.25, -0.2) is 13.1 Å². The summed E-state index contributed by atoms with van der Waals surface area (Å²) in [7, 11) is -3.65. The Labute approximate surface area is 144 Å². The molecule has 0 aliphatic carbocycles. The molecular formula is C17H27N3O3S. The zero-order valence-electron chi connectivity index (χ0n) is 14.8. The van der Waals surface area contributed by atoms with Crippen LogP contribution in [0.3, 0.4) is 0 Å². The van der Waals surface area contributed by atoms with Crippen LogP contribution in [0.15, 0.2) is 23.1 Å². The Morgan fingerprint density at radius 2 is 2.00 bits per heavy atom. The molecule has 1 atom stereocenters. The zero-order valence-corrected chi connectivity index (χ0v) is 15.6. The molecule has 0 spiro atoms. The molecule has 7 heteroatoms. The number of carbonyl (C=O) groups is 1. The molecule has 1 aromatic rings. The molecule has 134 valence electrons. The van der Waals surface area contributed by atoms with Gasteiger partial charge in [-0.2, -0.15) is 0 Å². The Hall–Kier alpha value is -1.44. The number of sulfonamides is 1. The van der Waals surface area contributed by atoms with Crippen LogP contribution in [0, 0.1) is 12.8 Å². The summed E-state index contributed by atoms with van der Waals surface area (Å²) in [5.74, 6) is -0.147. The van der Waals surface area contributed by atoms with Crippen LogP contribution in [0.4, 0.5) is 5.69 Å². The molecule has 1 amide bonds. The predicted molar refractivity (Wildman–Crippen MR) is 95.5 cm³/mol. The minimum absolute atomic E-state index is 0.0711. The van der Waals surface area contributed by atoms with Crippen LogP contribution >= 0.6 is 0 Å². The number of hydrogen-bond acceptors (Lipinski definition) is 4. The van der Waals surface area contributed by atoms with Crippen LogP contribution in [0.2, 0.25) is 0 Å². The van der Waals surface area contributed by atoms with Crippen molar-refractivity contribution in [2.75, 3.05) is 18.4 Å². The fourth-order valence-electron chi connectivity index (χ4n) is 2.75. The summed E-state index contributed by atoms with van der Waals surface area (Å²) in [5, 5.41) is 6.05. The van der Waals surface area contributed by atoms with Gasteiger partial charge in [-0.05, 0) is 64.8 Å². The minimum atomic E-state index is -3.65. The highest BCUT2D eigenvalue weighted by Gasteiger charge is 2.25. The number of benzene rings is 1. The van der Waals surface area contributed by atoms with Gasteiger partial charge in [-0.3, -0.25) is 4.79 Å². The standard InChI is InChI=1S/C17H27N3O3S/c1-12-7-8-14(19-16(21)13-6-5-9-18-11-13)10-15(12)24(22,23)20-17(2,3)4/h7-8,10,13,18,20H,5-6,9,11H2,1-4H3,(H,19,21).